The molecule has 0 amide bonds. The summed E-state index contributed by atoms with van der Waals surface area (Å²) in [6, 6.07) is 10.7. The van der Waals surface area contributed by atoms with E-state index < -0.39 is 6.43 Å². The summed E-state index contributed by atoms with van der Waals surface area (Å²) in [6.07, 6.45) is -2.66. The van der Waals surface area contributed by atoms with Crippen molar-refractivity contribution < 1.29 is 18.6 Å². The molecule has 0 radical (unpaired) electrons. The van der Waals surface area contributed by atoms with Gasteiger partial charge in [-0.1, -0.05) is 12.1 Å². The van der Waals surface area contributed by atoms with Crippen molar-refractivity contribution >= 4 is 5.69 Å². The highest BCUT2D eigenvalue weighted by atomic mass is 19.3. The molecule has 0 heterocycles. The third-order valence-corrected chi connectivity index (χ3v) is 2.60. The summed E-state index contributed by atoms with van der Waals surface area (Å²) in [5.41, 5.74) is 6.22. The molecule has 2 aromatic carbocycles. The average molecular weight is 265 g/mol. The van der Waals surface area contributed by atoms with E-state index in [4.69, 9.17) is 15.6 Å². The Labute approximate surface area is 109 Å². The zero-order valence-corrected chi connectivity index (χ0v) is 10.0. The van der Waals surface area contributed by atoms with Gasteiger partial charge in [0, 0.05) is 5.69 Å². The van der Waals surface area contributed by atoms with Crippen LogP contribution in [0, 0.1) is 0 Å². The summed E-state index contributed by atoms with van der Waals surface area (Å²) in [6.45, 7) is -0.0789. The Kier molecular flexibility index (Phi) is 3.97. The van der Waals surface area contributed by atoms with E-state index >= 15 is 0 Å². The first-order valence-electron chi connectivity index (χ1n) is 5.65. The minimum atomic E-state index is -2.66. The Balaban J connectivity index is 2.26. The number of nitrogen functional groups attached to an aromatic ring is 1. The number of alkyl halides is 2. The van der Waals surface area contributed by atoms with E-state index in [9.17, 15) is 8.78 Å². The lowest BCUT2D eigenvalue weighted by Gasteiger charge is -2.11. The van der Waals surface area contributed by atoms with E-state index in [1.165, 1.54) is 18.2 Å². The van der Waals surface area contributed by atoms with Crippen LogP contribution in [0.15, 0.2) is 42.5 Å². The summed E-state index contributed by atoms with van der Waals surface area (Å²) < 4.78 is 31.1. The van der Waals surface area contributed by atoms with Crippen LogP contribution in [0.5, 0.6) is 11.5 Å². The lowest BCUT2D eigenvalue weighted by atomic mass is 10.2. The molecule has 3 nitrogen and oxygen atoms in total. The fourth-order valence-corrected chi connectivity index (χ4v) is 1.62. The van der Waals surface area contributed by atoms with Crippen molar-refractivity contribution in [1.82, 2.24) is 0 Å². The van der Waals surface area contributed by atoms with E-state index in [0.717, 1.165) is 5.56 Å². The lowest BCUT2D eigenvalue weighted by molar-refractivity contribution is 0.148. The highest BCUT2D eigenvalue weighted by Crippen LogP contribution is 2.33. The fourth-order valence-electron chi connectivity index (χ4n) is 1.62. The van der Waals surface area contributed by atoms with Gasteiger partial charge in [0.2, 0.25) is 0 Å². The molecule has 0 atom stereocenters. The van der Waals surface area contributed by atoms with Crippen molar-refractivity contribution in [2.24, 2.45) is 0 Å². The number of anilines is 1. The molecule has 0 spiro atoms. The monoisotopic (exact) mass is 265 g/mol. The van der Waals surface area contributed by atoms with Gasteiger partial charge in [-0.2, -0.15) is 0 Å². The quantitative estimate of drug-likeness (QED) is 0.832. The van der Waals surface area contributed by atoms with Gasteiger partial charge in [-0.3, -0.25) is 0 Å². The van der Waals surface area contributed by atoms with Crippen LogP contribution in [0.2, 0.25) is 0 Å². The molecule has 0 aromatic heterocycles. The van der Waals surface area contributed by atoms with Gasteiger partial charge in [0.1, 0.15) is 11.5 Å². The second kappa shape index (κ2) is 5.67. The maximum absolute atomic E-state index is 12.9. The number of benzene rings is 2. The van der Waals surface area contributed by atoms with Crippen molar-refractivity contribution in [3.05, 3.63) is 53.6 Å². The zero-order chi connectivity index (χ0) is 13.8. The molecule has 2 rings (SSSR count). The minimum Gasteiger partial charge on any atom is -0.457 e. The van der Waals surface area contributed by atoms with Gasteiger partial charge in [-0.05, 0) is 35.9 Å². The first-order chi connectivity index (χ1) is 9.10. The molecule has 0 aliphatic rings. The third kappa shape index (κ3) is 3.20. The molecule has 3 N–H and O–H groups in total. The Morgan fingerprint density at radius 1 is 1.11 bits per heavy atom. The third-order valence-electron chi connectivity index (χ3n) is 2.60. The summed E-state index contributed by atoms with van der Waals surface area (Å²) in [5, 5.41) is 8.91. The van der Waals surface area contributed by atoms with Crippen LogP contribution in [0.4, 0.5) is 14.5 Å². The van der Waals surface area contributed by atoms with Gasteiger partial charge in [0.05, 0.1) is 12.2 Å². The highest BCUT2D eigenvalue weighted by Gasteiger charge is 2.15. The van der Waals surface area contributed by atoms with Crippen molar-refractivity contribution in [2.45, 2.75) is 13.0 Å². The Hall–Kier alpha value is -2.14. The van der Waals surface area contributed by atoms with Crippen molar-refractivity contribution in [3.8, 4) is 11.5 Å². The number of hydrogen-bond acceptors (Lipinski definition) is 3. The Morgan fingerprint density at radius 2 is 1.79 bits per heavy atom. The smallest absolute Gasteiger partial charge is 0.267 e. The molecule has 0 unspecified atom stereocenters. The van der Waals surface area contributed by atoms with Gasteiger partial charge < -0.3 is 15.6 Å². The van der Waals surface area contributed by atoms with Gasteiger partial charge in [0.25, 0.3) is 6.43 Å². The average Bonchev–Trinajstić information content (AvgIpc) is 2.41. The van der Waals surface area contributed by atoms with Crippen molar-refractivity contribution in [2.75, 3.05) is 5.73 Å². The number of halogens is 2. The summed E-state index contributed by atoms with van der Waals surface area (Å²) in [4.78, 5) is 0. The molecular formula is C14H13F2NO2. The Morgan fingerprint density at radius 3 is 2.37 bits per heavy atom. The van der Waals surface area contributed by atoms with Crippen molar-refractivity contribution in [1.29, 1.82) is 0 Å². The highest BCUT2D eigenvalue weighted by molar-refractivity contribution is 5.49. The molecule has 5 heteroatoms. The van der Waals surface area contributed by atoms with E-state index in [2.05, 4.69) is 0 Å². The van der Waals surface area contributed by atoms with E-state index in [1.54, 1.807) is 24.3 Å². The maximum Gasteiger partial charge on any atom is 0.267 e. The van der Waals surface area contributed by atoms with Crippen LogP contribution in [0.25, 0.3) is 0 Å². The van der Waals surface area contributed by atoms with E-state index in [1.807, 2.05) is 0 Å². The van der Waals surface area contributed by atoms with E-state index in [0.29, 0.717) is 5.75 Å². The van der Waals surface area contributed by atoms with Crippen molar-refractivity contribution in [3.63, 3.8) is 0 Å². The predicted octanol–water partition coefficient (Wildman–Crippen LogP) is 3.49. The molecule has 0 fully saturated rings. The molecule has 19 heavy (non-hydrogen) atoms. The fraction of sp³-hybridized carbons (Fsp3) is 0.143. The minimum absolute atomic E-state index is 0.0703. The number of aliphatic hydroxyl groups is 1. The molecule has 0 aliphatic carbocycles. The number of nitrogens with two attached hydrogens (primary N) is 1. The standard InChI is InChI=1S/C14H13F2NO2/c15-14(16)12-7-10(17)3-6-13(12)19-11-4-1-9(8-18)2-5-11/h1-7,14,18H,8,17H2. The van der Waals surface area contributed by atoms with Gasteiger partial charge in [-0.25, -0.2) is 8.78 Å². The number of rotatable bonds is 4. The van der Waals surface area contributed by atoms with E-state index in [-0.39, 0.29) is 23.6 Å². The number of ether oxygens (including phenoxy) is 1. The van der Waals surface area contributed by atoms with Gasteiger partial charge in [0.15, 0.2) is 0 Å². The van der Waals surface area contributed by atoms with Gasteiger partial charge in [-0.15, -0.1) is 0 Å². The summed E-state index contributed by atoms with van der Waals surface area (Å²) in [7, 11) is 0. The maximum atomic E-state index is 12.9. The Bertz CT molecular complexity index is 556. The molecule has 0 saturated heterocycles. The van der Waals surface area contributed by atoms with Crippen LogP contribution < -0.4 is 10.5 Å². The topological polar surface area (TPSA) is 55.5 Å². The predicted molar refractivity (Wildman–Crippen MR) is 68.3 cm³/mol. The van der Waals surface area contributed by atoms with Crippen LogP contribution in [-0.2, 0) is 6.61 Å². The largest absolute Gasteiger partial charge is 0.457 e. The van der Waals surface area contributed by atoms with Crippen LogP contribution in [0.3, 0.4) is 0 Å². The second-order valence-corrected chi connectivity index (χ2v) is 4.00. The first kappa shape index (κ1) is 13.3. The summed E-state index contributed by atoms with van der Waals surface area (Å²) in [5.74, 6) is 0.491. The lowest BCUT2D eigenvalue weighted by Crippen LogP contribution is -1.95. The molecule has 0 bridgehead atoms. The van der Waals surface area contributed by atoms with Crippen LogP contribution in [0.1, 0.15) is 17.6 Å². The molecule has 100 valence electrons. The van der Waals surface area contributed by atoms with Crippen LogP contribution in [-0.4, -0.2) is 5.11 Å². The number of aliphatic hydroxyl groups excluding tert-OH is 1. The van der Waals surface area contributed by atoms with Crippen LogP contribution >= 0.6 is 0 Å². The second-order valence-electron chi connectivity index (χ2n) is 4.00. The summed E-state index contributed by atoms with van der Waals surface area (Å²) >= 11 is 0. The van der Waals surface area contributed by atoms with Gasteiger partial charge >= 0.3 is 0 Å². The SMILES string of the molecule is Nc1ccc(Oc2ccc(CO)cc2)c(C(F)F)c1. The molecule has 0 aliphatic heterocycles. The zero-order valence-electron chi connectivity index (χ0n) is 10.0. The molecular weight excluding hydrogens is 252 g/mol. The first-order valence-corrected chi connectivity index (χ1v) is 5.65. The molecule has 2 aromatic rings. The normalized spacial score (nSPS) is 10.7. The number of hydrogen-bond donors (Lipinski definition) is 2. The molecule has 0 saturated carbocycles.